The van der Waals surface area contributed by atoms with Crippen molar-refractivity contribution in [3.63, 3.8) is 0 Å². The molecular weight excluding hydrogens is 206 g/mol. The second-order valence-corrected chi connectivity index (χ2v) is 7.20. The second kappa shape index (κ2) is 5.30. The van der Waals surface area contributed by atoms with Crippen LogP contribution >= 0.6 is 0 Å². The van der Waals surface area contributed by atoms with Crippen LogP contribution in [0.5, 0.6) is 0 Å². The Kier molecular flexibility index (Phi) is 4.18. The first-order valence-electron chi connectivity index (χ1n) is 7.79. The van der Waals surface area contributed by atoms with Gasteiger partial charge in [0.05, 0.1) is 0 Å². The first-order chi connectivity index (χ1) is 8.05. The SMILES string of the molecule is CCC(C)CC1(CNC(C)C)CC2CCC1C2. The lowest BCUT2D eigenvalue weighted by Crippen LogP contribution is -2.42. The number of hydrogen-bond donors (Lipinski definition) is 1. The normalized spacial score (nSPS) is 37.9. The molecule has 0 saturated heterocycles. The molecule has 2 aliphatic carbocycles. The van der Waals surface area contributed by atoms with Gasteiger partial charge in [0.1, 0.15) is 0 Å². The van der Waals surface area contributed by atoms with Crippen LogP contribution in [0.15, 0.2) is 0 Å². The third-order valence-electron chi connectivity index (χ3n) is 5.42. The molecule has 4 atom stereocenters. The highest BCUT2D eigenvalue weighted by Gasteiger charge is 2.50. The van der Waals surface area contributed by atoms with E-state index >= 15 is 0 Å². The van der Waals surface area contributed by atoms with Crippen molar-refractivity contribution in [1.29, 1.82) is 0 Å². The molecule has 4 unspecified atom stereocenters. The van der Waals surface area contributed by atoms with Gasteiger partial charge in [-0.05, 0) is 48.9 Å². The maximum Gasteiger partial charge on any atom is 0.00130 e. The monoisotopic (exact) mass is 237 g/mol. The summed E-state index contributed by atoms with van der Waals surface area (Å²) < 4.78 is 0. The molecule has 0 spiro atoms. The summed E-state index contributed by atoms with van der Waals surface area (Å²) in [6.45, 7) is 10.6. The Morgan fingerprint density at radius 3 is 2.47 bits per heavy atom. The van der Waals surface area contributed by atoms with Gasteiger partial charge in [-0.1, -0.05) is 40.5 Å². The fourth-order valence-electron chi connectivity index (χ4n) is 4.34. The maximum absolute atomic E-state index is 3.74. The van der Waals surface area contributed by atoms with Gasteiger partial charge >= 0.3 is 0 Å². The molecule has 1 heteroatoms. The summed E-state index contributed by atoms with van der Waals surface area (Å²) in [5.41, 5.74) is 0.655. The Hall–Kier alpha value is -0.0400. The summed E-state index contributed by atoms with van der Waals surface area (Å²) in [7, 11) is 0. The molecule has 1 nitrogen and oxygen atoms in total. The largest absolute Gasteiger partial charge is 0.314 e. The summed E-state index contributed by atoms with van der Waals surface area (Å²) in [6, 6.07) is 0.642. The van der Waals surface area contributed by atoms with Gasteiger partial charge < -0.3 is 5.32 Å². The van der Waals surface area contributed by atoms with Gasteiger partial charge in [0.2, 0.25) is 0 Å². The zero-order valence-corrected chi connectivity index (χ0v) is 12.3. The summed E-state index contributed by atoms with van der Waals surface area (Å²) in [6.07, 6.45) is 8.90. The Labute approximate surface area is 108 Å². The minimum Gasteiger partial charge on any atom is -0.314 e. The van der Waals surface area contributed by atoms with Crippen LogP contribution in [0.3, 0.4) is 0 Å². The minimum atomic E-state index is 0.642. The van der Waals surface area contributed by atoms with Crippen molar-refractivity contribution >= 4 is 0 Å². The van der Waals surface area contributed by atoms with E-state index in [1.54, 1.807) is 0 Å². The third kappa shape index (κ3) is 2.86. The molecule has 17 heavy (non-hydrogen) atoms. The molecule has 0 heterocycles. The zero-order valence-electron chi connectivity index (χ0n) is 12.3. The molecule has 2 fully saturated rings. The Bertz CT molecular complexity index is 248. The Morgan fingerprint density at radius 2 is 2.00 bits per heavy atom. The van der Waals surface area contributed by atoms with Crippen LogP contribution in [0.4, 0.5) is 0 Å². The number of nitrogens with one attached hydrogen (secondary N) is 1. The van der Waals surface area contributed by atoms with Crippen molar-refractivity contribution in [3.8, 4) is 0 Å². The van der Waals surface area contributed by atoms with Crippen LogP contribution in [0, 0.1) is 23.2 Å². The van der Waals surface area contributed by atoms with E-state index in [4.69, 9.17) is 0 Å². The van der Waals surface area contributed by atoms with Crippen molar-refractivity contribution in [1.82, 2.24) is 5.32 Å². The Balaban J connectivity index is 2.01. The van der Waals surface area contributed by atoms with E-state index in [1.807, 2.05) is 0 Å². The number of rotatable bonds is 6. The second-order valence-electron chi connectivity index (χ2n) is 7.20. The quantitative estimate of drug-likeness (QED) is 0.729. The highest BCUT2D eigenvalue weighted by Crippen LogP contribution is 2.58. The van der Waals surface area contributed by atoms with Crippen LogP contribution in [0.2, 0.25) is 0 Å². The van der Waals surface area contributed by atoms with E-state index in [0.717, 1.165) is 17.8 Å². The van der Waals surface area contributed by atoms with Crippen LogP contribution in [-0.4, -0.2) is 12.6 Å². The maximum atomic E-state index is 3.74. The highest BCUT2D eigenvalue weighted by atomic mass is 14.9. The van der Waals surface area contributed by atoms with E-state index in [1.165, 1.54) is 45.1 Å². The van der Waals surface area contributed by atoms with Gasteiger partial charge in [-0.3, -0.25) is 0 Å². The molecule has 0 amide bonds. The van der Waals surface area contributed by atoms with E-state index in [-0.39, 0.29) is 0 Å². The van der Waals surface area contributed by atoms with Gasteiger partial charge in [-0.15, -0.1) is 0 Å². The molecule has 1 N–H and O–H groups in total. The average Bonchev–Trinajstić information content (AvgIpc) is 2.86. The van der Waals surface area contributed by atoms with E-state index in [0.29, 0.717) is 11.5 Å². The van der Waals surface area contributed by atoms with Gasteiger partial charge in [0.15, 0.2) is 0 Å². The molecular formula is C16H31N. The van der Waals surface area contributed by atoms with E-state index in [2.05, 4.69) is 33.0 Å². The first-order valence-corrected chi connectivity index (χ1v) is 7.79. The molecule has 0 aromatic heterocycles. The molecule has 2 aliphatic rings. The standard InChI is InChI=1S/C16H31N/c1-5-13(4)9-16(11-17-12(2)3)10-14-6-7-15(16)8-14/h12-15,17H,5-11H2,1-4H3. The van der Waals surface area contributed by atoms with Crippen molar-refractivity contribution in [2.75, 3.05) is 6.54 Å². The van der Waals surface area contributed by atoms with E-state index in [9.17, 15) is 0 Å². The average molecular weight is 237 g/mol. The molecule has 2 saturated carbocycles. The molecule has 100 valence electrons. The lowest BCUT2D eigenvalue weighted by atomic mass is 9.67. The number of hydrogen-bond acceptors (Lipinski definition) is 1. The summed E-state index contributed by atoms with van der Waals surface area (Å²) in [5.74, 6) is 3.01. The van der Waals surface area contributed by atoms with Gasteiger partial charge in [0, 0.05) is 12.6 Å². The minimum absolute atomic E-state index is 0.642. The molecule has 2 bridgehead atoms. The molecule has 2 rings (SSSR count). The number of fused-ring (bicyclic) bond motifs is 2. The van der Waals surface area contributed by atoms with Crippen LogP contribution in [0.1, 0.15) is 66.2 Å². The zero-order chi connectivity index (χ0) is 12.5. The van der Waals surface area contributed by atoms with Crippen molar-refractivity contribution in [2.24, 2.45) is 23.2 Å². The Morgan fingerprint density at radius 1 is 1.24 bits per heavy atom. The molecule has 0 aromatic rings. The van der Waals surface area contributed by atoms with Gasteiger partial charge in [-0.2, -0.15) is 0 Å². The van der Waals surface area contributed by atoms with Crippen molar-refractivity contribution < 1.29 is 0 Å². The predicted molar refractivity (Wildman–Crippen MR) is 75.1 cm³/mol. The van der Waals surface area contributed by atoms with Gasteiger partial charge in [0.25, 0.3) is 0 Å². The van der Waals surface area contributed by atoms with Crippen LogP contribution in [0.25, 0.3) is 0 Å². The highest BCUT2D eigenvalue weighted by molar-refractivity contribution is 5.02. The lowest BCUT2D eigenvalue weighted by Gasteiger charge is -2.40. The fraction of sp³-hybridized carbons (Fsp3) is 1.00. The summed E-state index contributed by atoms with van der Waals surface area (Å²) in [4.78, 5) is 0. The fourth-order valence-corrected chi connectivity index (χ4v) is 4.34. The van der Waals surface area contributed by atoms with Crippen LogP contribution < -0.4 is 5.32 Å². The smallest absolute Gasteiger partial charge is 0.00130 e. The summed E-state index contributed by atoms with van der Waals surface area (Å²) in [5, 5.41) is 3.74. The molecule has 0 aromatic carbocycles. The van der Waals surface area contributed by atoms with Crippen molar-refractivity contribution in [3.05, 3.63) is 0 Å². The van der Waals surface area contributed by atoms with Crippen molar-refractivity contribution in [2.45, 2.75) is 72.3 Å². The third-order valence-corrected chi connectivity index (χ3v) is 5.42. The first kappa shape index (κ1) is 13.4. The van der Waals surface area contributed by atoms with E-state index < -0.39 is 0 Å². The lowest BCUT2D eigenvalue weighted by molar-refractivity contribution is 0.115. The summed E-state index contributed by atoms with van der Waals surface area (Å²) >= 11 is 0. The van der Waals surface area contributed by atoms with Gasteiger partial charge in [-0.25, -0.2) is 0 Å². The van der Waals surface area contributed by atoms with Crippen LogP contribution in [-0.2, 0) is 0 Å². The molecule has 0 aliphatic heterocycles. The predicted octanol–water partition coefficient (Wildman–Crippen LogP) is 4.23. The topological polar surface area (TPSA) is 12.0 Å². The molecule has 0 radical (unpaired) electrons.